The van der Waals surface area contributed by atoms with Crippen LogP contribution in [0, 0.1) is 6.92 Å². The summed E-state index contributed by atoms with van der Waals surface area (Å²) in [6.07, 6.45) is 3.13. The van der Waals surface area contributed by atoms with Crippen LogP contribution < -0.4 is 5.73 Å². The molecule has 0 fully saturated rings. The molecule has 0 atom stereocenters. The van der Waals surface area contributed by atoms with E-state index in [0.29, 0.717) is 23.6 Å². The second-order valence-electron chi connectivity index (χ2n) is 6.10. The molecular formula is C20H18N4O2. The molecule has 0 unspecified atom stereocenters. The third-order valence-electron chi connectivity index (χ3n) is 4.36. The van der Waals surface area contributed by atoms with Crippen LogP contribution in [0.2, 0.25) is 0 Å². The highest BCUT2D eigenvalue weighted by Gasteiger charge is 2.19. The van der Waals surface area contributed by atoms with Crippen molar-refractivity contribution >= 4 is 28.2 Å². The van der Waals surface area contributed by atoms with Gasteiger partial charge in [-0.15, -0.1) is 0 Å². The number of carbonyl (C=O) groups is 1. The van der Waals surface area contributed by atoms with Crippen molar-refractivity contribution in [2.75, 3.05) is 12.3 Å². The van der Waals surface area contributed by atoms with E-state index in [-0.39, 0.29) is 0 Å². The fourth-order valence-corrected chi connectivity index (χ4v) is 3.19. The van der Waals surface area contributed by atoms with Crippen LogP contribution in [0.25, 0.3) is 27.5 Å². The molecule has 2 aromatic carbocycles. The topological polar surface area (TPSA) is 82.5 Å². The number of rotatable bonds is 3. The zero-order valence-corrected chi connectivity index (χ0v) is 14.6. The van der Waals surface area contributed by atoms with E-state index in [2.05, 4.69) is 34.3 Å². The molecule has 2 heterocycles. The van der Waals surface area contributed by atoms with Gasteiger partial charge in [-0.05, 0) is 35.7 Å². The lowest BCUT2D eigenvalue weighted by Gasteiger charge is -2.12. The van der Waals surface area contributed by atoms with Crippen LogP contribution in [0.3, 0.4) is 0 Å². The fourth-order valence-electron chi connectivity index (χ4n) is 3.19. The average Bonchev–Trinajstić information content (AvgIpc) is 3.07. The van der Waals surface area contributed by atoms with E-state index in [4.69, 9.17) is 10.5 Å². The Kier molecular flexibility index (Phi) is 3.80. The summed E-state index contributed by atoms with van der Waals surface area (Å²) < 4.78 is 6.53. The molecule has 4 rings (SSSR count). The minimum atomic E-state index is -0.455. The van der Waals surface area contributed by atoms with Crippen LogP contribution >= 0.6 is 0 Å². The zero-order valence-electron chi connectivity index (χ0n) is 14.6. The van der Waals surface area contributed by atoms with Gasteiger partial charge in [0, 0.05) is 11.8 Å². The molecule has 0 aliphatic rings. The van der Waals surface area contributed by atoms with Crippen molar-refractivity contribution in [3.63, 3.8) is 0 Å². The molecular weight excluding hydrogens is 328 g/mol. The van der Waals surface area contributed by atoms with E-state index in [9.17, 15) is 4.79 Å². The molecule has 0 spiro atoms. The van der Waals surface area contributed by atoms with E-state index in [0.717, 1.165) is 27.5 Å². The lowest BCUT2D eigenvalue weighted by Crippen LogP contribution is -2.07. The monoisotopic (exact) mass is 346 g/mol. The standard InChI is InChI=1S/C20H18N4O2/c1-3-26-20(25)17-11-23-24-18(21)16(10-22-19(17)24)15-9-12(2)8-13-6-4-5-7-14(13)15/h4-11H,3,21H2,1-2H3. The first-order valence-electron chi connectivity index (χ1n) is 8.39. The summed E-state index contributed by atoms with van der Waals surface area (Å²) in [5.41, 5.74) is 9.97. The van der Waals surface area contributed by atoms with Crippen LogP contribution in [0.15, 0.2) is 48.8 Å². The number of aryl methyl sites for hydroxylation is 1. The summed E-state index contributed by atoms with van der Waals surface area (Å²) in [6.45, 7) is 4.09. The van der Waals surface area contributed by atoms with Gasteiger partial charge in [0.2, 0.25) is 0 Å². The van der Waals surface area contributed by atoms with Crippen LogP contribution in [-0.2, 0) is 4.74 Å². The lowest BCUT2D eigenvalue weighted by molar-refractivity contribution is 0.0528. The normalized spacial score (nSPS) is 11.2. The van der Waals surface area contributed by atoms with Crippen molar-refractivity contribution in [1.82, 2.24) is 14.6 Å². The Morgan fingerprint density at radius 2 is 2.00 bits per heavy atom. The van der Waals surface area contributed by atoms with Gasteiger partial charge in [-0.25, -0.2) is 9.78 Å². The van der Waals surface area contributed by atoms with Gasteiger partial charge in [0.05, 0.1) is 12.8 Å². The maximum absolute atomic E-state index is 12.0. The zero-order chi connectivity index (χ0) is 18.3. The quantitative estimate of drug-likeness (QED) is 0.573. The Morgan fingerprint density at radius 3 is 2.81 bits per heavy atom. The molecule has 26 heavy (non-hydrogen) atoms. The van der Waals surface area contributed by atoms with Crippen molar-refractivity contribution in [2.24, 2.45) is 0 Å². The minimum Gasteiger partial charge on any atom is -0.462 e. The number of fused-ring (bicyclic) bond motifs is 2. The summed E-state index contributed by atoms with van der Waals surface area (Å²) in [7, 11) is 0. The number of ether oxygens (including phenoxy) is 1. The molecule has 2 N–H and O–H groups in total. The summed E-state index contributed by atoms with van der Waals surface area (Å²) in [4.78, 5) is 16.5. The number of nitrogen functional groups attached to an aromatic ring is 1. The Morgan fingerprint density at radius 1 is 1.19 bits per heavy atom. The Hall–Kier alpha value is -3.41. The molecule has 130 valence electrons. The predicted molar refractivity (Wildman–Crippen MR) is 101 cm³/mol. The van der Waals surface area contributed by atoms with Gasteiger partial charge in [-0.2, -0.15) is 9.61 Å². The van der Waals surface area contributed by atoms with Crippen LogP contribution in [0.5, 0.6) is 0 Å². The van der Waals surface area contributed by atoms with E-state index < -0.39 is 5.97 Å². The number of esters is 1. The van der Waals surface area contributed by atoms with Gasteiger partial charge in [0.15, 0.2) is 5.65 Å². The molecule has 6 nitrogen and oxygen atoms in total. The molecule has 2 aromatic heterocycles. The number of benzene rings is 2. The summed E-state index contributed by atoms with van der Waals surface area (Å²) in [6, 6.07) is 12.3. The van der Waals surface area contributed by atoms with Crippen LogP contribution in [0.1, 0.15) is 22.8 Å². The number of hydrogen-bond acceptors (Lipinski definition) is 5. The molecule has 4 aromatic rings. The predicted octanol–water partition coefficient (Wildman–Crippen LogP) is 3.62. The van der Waals surface area contributed by atoms with E-state index in [1.165, 1.54) is 10.7 Å². The second-order valence-corrected chi connectivity index (χ2v) is 6.10. The van der Waals surface area contributed by atoms with Gasteiger partial charge in [0.25, 0.3) is 0 Å². The van der Waals surface area contributed by atoms with E-state index in [1.807, 2.05) is 19.1 Å². The number of anilines is 1. The van der Waals surface area contributed by atoms with Crippen LogP contribution in [0.4, 0.5) is 5.82 Å². The Balaban J connectivity index is 1.94. The molecule has 0 aliphatic carbocycles. The summed E-state index contributed by atoms with van der Waals surface area (Å²) in [5.74, 6) is -0.0237. The number of hydrogen-bond donors (Lipinski definition) is 1. The van der Waals surface area contributed by atoms with E-state index in [1.54, 1.807) is 13.1 Å². The molecule has 0 saturated carbocycles. The maximum atomic E-state index is 12.0. The summed E-state index contributed by atoms with van der Waals surface area (Å²) >= 11 is 0. The Bertz CT molecular complexity index is 1150. The van der Waals surface area contributed by atoms with Crippen molar-refractivity contribution in [1.29, 1.82) is 0 Å². The molecule has 0 radical (unpaired) electrons. The number of aromatic nitrogens is 3. The average molecular weight is 346 g/mol. The Labute approximate surface area is 150 Å². The highest BCUT2D eigenvalue weighted by Crippen LogP contribution is 2.33. The number of carbonyl (C=O) groups excluding carboxylic acids is 1. The van der Waals surface area contributed by atoms with Crippen molar-refractivity contribution in [3.05, 3.63) is 59.9 Å². The van der Waals surface area contributed by atoms with Gasteiger partial charge in [0.1, 0.15) is 11.4 Å². The van der Waals surface area contributed by atoms with Crippen LogP contribution in [-0.4, -0.2) is 27.2 Å². The fraction of sp³-hybridized carbons (Fsp3) is 0.150. The number of nitrogens with zero attached hydrogens (tertiary/aromatic N) is 3. The number of nitrogens with two attached hydrogens (primary N) is 1. The first-order valence-corrected chi connectivity index (χ1v) is 8.39. The van der Waals surface area contributed by atoms with Crippen molar-refractivity contribution < 1.29 is 9.53 Å². The third kappa shape index (κ3) is 2.47. The SMILES string of the molecule is CCOC(=O)c1cnn2c(N)c(-c3cc(C)cc4ccccc34)cnc12. The van der Waals surface area contributed by atoms with Gasteiger partial charge >= 0.3 is 5.97 Å². The van der Waals surface area contributed by atoms with Crippen molar-refractivity contribution in [3.8, 4) is 11.1 Å². The van der Waals surface area contributed by atoms with Gasteiger partial charge < -0.3 is 10.5 Å². The summed E-state index contributed by atoms with van der Waals surface area (Å²) in [5, 5.41) is 6.46. The molecule has 0 bridgehead atoms. The lowest BCUT2D eigenvalue weighted by atomic mass is 9.97. The van der Waals surface area contributed by atoms with Gasteiger partial charge in [-0.1, -0.05) is 36.4 Å². The second kappa shape index (κ2) is 6.15. The highest BCUT2D eigenvalue weighted by atomic mass is 16.5. The van der Waals surface area contributed by atoms with Crippen molar-refractivity contribution in [2.45, 2.75) is 13.8 Å². The molecule has 6 heteroatoms. The molecule has 0 amide bonds. The maximum Gasteiger partial charge on any atom is 0.343 e. The highest BCUT2D eigenvalue weighted by molar-refractivity contribution is 6.00. The first-order chi connectivity index (χ1) is 12.6. The van der Waals surface area contributed by atoms with Gasteiger partial charge in [-0.3, -0.25) is 0 Å². The third-order valence-corrected chi connectivity index (χ3v) is 4.36. The smallest absolute Gasteiger partial charge is 0.343 e. The first kappa shape index (κ1) is 16.1. The van der Waals surface area contributed by atoms with E-state index >= 15 is 0 Å². The molecule has 0 saturated heterocycles. The molecule has 0 aliphatic heterocycles. The minimum absolute atomic E-state index is 0.291. The largest absolute Gasteiger partial charge is 0.462 e.